The van der Waals surface area contributed by atoms with Crippen molar-refractivity contribution in [3.63, 3.8) is 0 Å². The summed E-state index contributed by atoms with van der Waals surface area (Å²) in [5.41, 5.74) is 5.09. The van der Waals surface area contributed by atoms with Gasteiger partial charge in [-0.3, -0.25) is 9.72 Å². The van der Waals surface area contributed by atoms with E-state index in [1.54, 1.807) is 7.11 Å². The number of hydrogen-bond donors (Lipinski definition) is 2. The molecule has 3 rings (SSSR count). The highest BCUT2D eigenvalue weighted by Gasteiger charge is 2.13. The van der Waals surface area contributed by atoms with Crippen molar-refractivity contribution in [1.82, 2.24) is 9.38 Å². The molecule has 1 aromatic carbocycles. The summed E-state index contributed by atoms with van der Waals surface area (Å²) in [6, 6.07) is 9.59. The largest absolute Gasteiger partial charge is 0.447 e. The van der Waals surface area contributed by atoms with Crippen molar-refractivity contribution in [2.45, 2.75) is 20.4 Å². The van der Waals surface area contributed by atoms with E-state index in [4.69, 9.17) is 21.1 Å². The van der Waals surface area contributed by atoms with Crippen LogP contribution in [0.15, 0.2) is 36.5 Å². The summed E-state index contributed by atoms with van der Waals surface area (Å²) in [6.45, 7) is 4.92. The molecule has 0 atom stereocenters. The van der Waals surface area contributed by atoms with E-state index in [1.165, 1.54) is 0 Å². The highest BCUT2D eigenvalue weighted by atomic mass is 35.5. The average Bonchev–Trinajstić information content (AvgIpc) is 2.96. The summed E-state index contributed by atoms with van der Waals surface area (Å²) >= 11 is 6.29. The molecule has 28 heavy (non-hydrogen) atoms. The van der Waals surface area contributed by atoms with Gasteiger partial charge in [0.15, 0.2) is 5.65 Å². The van der Waals surface area contributed by atoms with Gasteiger partial charge < -0.3 is 14.8 Å². The third-order valence-electron chi connectivity index (χ3n) is 4.37. The molecule has 1 amide bonds. The number of hydrogen-bond acceptors (Lipinski definition) is 5. The number of fused-ring (bicyclic) bond motifs is 1. The molecule has 0 saturated carbocycles. The average molecular weight is 403 g/mol. The number of nitrogens with one attached hydrogen (secondary N) is 2. The smallest absolute Gasteiger partial charge is 0.411 e. The third kappa shape index (κ3) is 4.37. The Kier molecular flexibility index (Phi) is 6.38. The van der Waals surface area contributed by atoms with Crippen molar-refractivity contribution in [2.24, 2.45) is 0 Å². The number of aromatic nitrogens is 2. The lowest BCUT2D eigenvalue weighted by Gasteiger charge is -2.15. The number of halogens is 1. The van der Waals surface area contributed by atoms with Crippen molar-refractivity contribution >= 4 is 34.7 Å². The molecule has 148 valence electrons. The molecule has 0 fully saturated rings. The van der Waals surface area contributed by atoms with E-state index >= 15 is 0 Å². The van der Waals surface area contributed by atoms with Crippen LogP contribution < -0.4 is 10.6 Å². The predicted octanol–water partition coefficient (Wildman–Crippen LogP) is 4.41. The fourth-order valence-electron chi connectivity index (χ4n) is 2.89. The molecule has 0 unspecified atom stereocenters. The number of methoxy groups -OCH3 is 1. The Bertz CT molecular complexity index is 987. The molecule has 0 aliphatic rings. The van der Waals surface area contributed by atoms with E-state index in [0.29, 0.717) is 24.0 Å². The van der Waals surface area contributed by atoms with Gasteiger partial charge in [0.2, 0.25) is 0 Å². The van der Waals surface area contributed by atoms with Gasteiger partial charge in [0.25, 0.3) is 0 Å². The number of rotatable bonds is 7. The molecule has 0 spiro atoms. The number of nitrogens with zero attached hydrogens (tertiary/aromatic N) is 2. The second kappa shape index (κ2) is 8.95. The van der Waals surface area contributed by atoms with Crippen LogP contribution in [0, 0.1) is 13.8 Å². The number of anilines is 2. The van der Waals surface area contributed by atoms with Crippen LogP contribution in [-0.2, 0) is 16.0 Å². The van der Waals surface area contributed by atoms with E-state index in [9.17, 15) is 4.79 Å². The molecule has 8 heteroatoms. The Labute approximate surface area is 168 Å². The van der Waals surface area contributed by atoms with E-state index in [2.05, 4.69) is 15.6 Å². The lowest BCUT2D eigenvalue weighted by Crippen LogP contribution is -2.18. The maximum absolute atomic E-state index is 12.0. The first-order valence-corrected chi connectivity index (χ1v) is 9.27. The van der Waals surface area contributed by atoms with Gasteiger partial charge in [0, 0.05) is 25.5 Å². The molecule has 0 aliphatic heterocycles. The van der Waals surface area contributed by atoms with Gasteiger partial charge in [0.05, 0.1) is 18.0 Å². The molecule has 3 aromatic rings. The van der Waals surface area contributed by atoms with Gasteiger partial charge >= 0.3 is 6.09 Å². The van der Waals surface area contributed by atoms with Crippen LogP contribution in [0.5, 0.6) is 0 Å². The molecule has 2 N–H and O–H groups in total. The Balaban J connectivity index is 1.78. The lowest BCUT2D eigenvalue weighted by atomic mass is 10.1. The van der Waals surface area contributed by atoms with Crippen LogP contribution >= 0.6 is 11.6 Å². The summed E-state index contributed by atoms with van der Waals surface area (Å²) < 4.78 is 11.8. The number of aryl methyl sites for hydroxylation is 2. The molecule has 0 radical (unpaired) electrons. The van der Waals surface area contributed by atoms with E-state index in [-0.39, 0.29) is 6.61 Å². The Morgan fingerprint density at radius 1 is 1.18 bits per heavy atom. The quantitative estimate of drug-likeness (QED) is 0.572. The highest BCUT2D eigenvalue weighted by molar-refractivity contribution is 6.30. The second-order valence-electron chi connectivity index (χ2n) is 6.31. The first-order chi connectivity index (χ1) is 13.5. The van der Waals surface area contributed by atoms with Crippen molar-refractivity contribution in [3.05, 3.63) is 58.5 Å². The fourth-order valence-corrected chi connectivity index (χ4v) is 3.07. The molecule has 7 nitrogen and oxygen atoms in total. The van der Waals surface area contributed by atoms with Gasteiger partial charge in [0.1, 0.15) is 11.8 Å². The molecule has 2 aromatic heterocycles. The Morgan fingerprint density at radius 2 is 1.96 bits per heavy atom. The fraction of sp³-hybridized carbons (Fsp3) is 0.300. The highest BCUT2D eigenvalue weighted by Crippen LogP contribution is 2.25. The maximum atomic E-state index is 12.0. The summed E-state index contributed by atoms with van der Waals surface area (Å²) in [6.07, 6.45) is 1.36. The van der Waals surface area contributed by atoms with Gasteiger partial charge in [-0.2, -0.15) is 0 Å². The zero-order chi connectivity index (χ0) is 20.1. The number of ether oxygens (including phenoxy) is 2. The lowest BCUT2D eigenvalue weighted by molar-refractivity contribution is 0.107. The number of carbonyl (C=O) groups excluding carboxylic acids is 1. The number of amides is 1. The van der Waals surface area contributed by atoms with E-state index in [1.807, 2.05) is 54.8 Å². The molecular weight excluding hydrogens is 380 g/mol. The van der Waals surface area contributed by atoms with Gasteiger partial charge in [-0.25, -0.2) is 9.78 Å². The zero-order valence-electron chi connectivity index (χ0n) is 16.1. The molecule has 0 saturated heterocycles. The van der Waals surface area contributed by atoms with Crippen molar-refractivity contribution in [3.8, 4) is 0 Å². The predicted molar refractivity (Wildman–Crippen MR) is 110 cm³/mol. The summed E-state index contributed by atoms with van der Waals surface area (Å²) in [7, 11) is 1.56. The Hall–Kier alpha value is -2.77. The van der Waals surface area contributed by atoms with Crippen LogP contribution in [0.3, 0.4) is 0 Å². The summed E-state index contributed by atoms with van der Waals surface area (Å²) in [5, 5.41) is 6.79. The van der Waals surface area contributed by atoms with E-state index < -0.39 is 6.09 Å². The Morgan fingerprint density at radius 3 is 2.75 bits per heavy atom. The normalized spacial score (nSPS) is 10.9. The van der Waals surface area contributed by atoms with Crippen LogP contribution in [0.4, 0.5) is 16.2 Å². The third-order valence-corrected chi connectivity index (χ3v) is 4.83. The van der Waals surface area contributed by atoms with Crippen molar-refractivity contribution in [2.75, 3.05) is 31.0 Å². The van der Waals surface area contributed by atoms with Crippen molar-refractivity contribution < 1.29 is 14.3 Å². The molecule has 2 heterocycles. The standard InChI is InChI=1S/C20H23ClN4O3/c1-13-6-4-7-16(24-20(26)28-11-10-27-3)15(13)12-22-17-8-5-9-25-18(21)14(2)23-19(17)25/h4-9,22H,10-12H2,1-3H3,(H,24,26). The minimum atomic E-state index is -0.512. The molecular formula is C20H23ClN4O3. The monoisotopic (exact) mass is 402 g/mol. The first kappa shape index (κ1) is 20.0. The zero-order valence-corrected chi connectivity index (χ0v) is 16.8. The minimum Gasteiger partial charge on any atom is -0.447 e. The minimum absolute atomic E-state index is 0.198. The number of pyridine rings is 1. The number of carbonyl (C=O) groups is 1. The van der Waals surface area contributed by atoms with Gasteiger partial charge in [-0.1, -0.05) is 23.7 Å². The van der Waals surface area contributed by atoms with Gasteiger partial charge in [-0.05, 0) is 43.2 Å². The molecule has 0 aliphatic carbocycles. The SMILES string of the molecule is COCCOC(=O)Nc1cccc(C)c1CNc1cccn2c(Cl)c(C)nc12. The number of imidazole rings is 1. The first-order valence-electron chi connectivity index (χ1n) is 8.89. The summed E-state index contributed by atoms with van der Waals surface area (Å²) in [4.78, 5) is 16.5. The van der Waals surface area contributed by atoms with Crippen LogP contribution in [0.1, 0.15) is 16.8 Å². The maximum Gasteiger partial charge on any atom is 0.411 e. The molecule has 0 bridgehead atoms. The van der Waals surface area contributed by atoms with Crippen LogP contribution in [-0.4, -0.2) is 35.8 Å². The van der Waals surface area contributed by atoms with Crippen molar-refractivity contribution in [1.29, 1.82) is 0 Å². The van der Waals surface area contributed by atoms with Gasteiger partial charge in [-0.15, -0.1) is 0 Å². The van der Waals surface area contributed by atoms with E-state index in [0.717, 1.165) is 28.2 Å². The summed E-state index contributed by atoms with van der Waals surface area (Å²) in [5.74, 6) is 0. The van der Waals surface area contributed by atoms with Crippen LogP contribution in [0.25, 0.3) is 5.65 Å². The van der Waals surface area contributed by atoms with Crippen LogP contribution in [0.2, 0.25) is 5.15 Å². The topological polar surface area (TPSA) is 76.9 Å². The second-order valence-corrected chi connectivity index (χ2v) is 6.67. The number of benzene rings is 1.